The van der Waals surface area contributed by atoms with Gasteiger partial charge >= 0.3 is 0 Å². The summed E-state index contributed by atoms with van der Waals surface area (Å²) >= 11 is 3.52. The fourth-order valence-corrected chi connectivity index (χ4v) is 1.75. The van der Waals surface area contributed by atoms with Crippen molar-refractivity contribution in [3.8, 4) is 5.75 Å². The van der Waals surface area contributed by atoms with Crippen LogP contribution in [0.3, 0.4) is 0 Å². The number of ether oxygens (including phenoxy) is 1. The van der Waals surface area contributed by atoms with E-state index in [1.807, 2.05) is 19.9 Å². The van der Waals surface area contributed by atoms with Crippen LogP contribution in [-0.4, -0.2) is 7.11 Å². The molecule has 1 aromatic carbocycles. The third-order valence-corrected chi connectivity index (χ3v) is 3.42. The minimum Gasteiger partial charge on any atom is -0.496 e. The molecule has 0 atom stereocenters. The van der Waals surface area contributed by atoms with E-state index < -0.39 is 0 Å². The standard InChI is InChI=1S/C10H14BrNO/c1-6-4-9(13-3)8(5-12)7(2)10(6)11/h4H,5,12H2,1-3H3. The summed E-state index contributed by atoms with van der Waals surface area (Å²) in [6.07, 6.45) is 0. The zero-order chi connectivity index (χ0) is 10.0. The lowest BCUT2D eigenvalue weighted by molar-refractivity contribution is 0.409. The molecular formula is C10H14BrNO. The van der Waals surface area contributed by atoms with Crippen molar-refractivity contribution >= 4 is 15.9 Å². The van der Waals surface area contributed by atoms with E-state index in [9.17, 15) is 0 Å². The Labute approximate surface area is 87.2 Å². The zero-order valence-corrected chi connectivity index (χ0v) is 9.73. The molecule has 2 N–H and O–H groups in total. The molecule has 0 aliphatic rings. The normalized spacial score (nSPS) is 10.2. The van der Waals surface area contributed by atoms with Crippen molar-refractivity contribution in [1.82, 2.24) is 0 Å². The van der Waals surface area contributed by atoms with Gasteiger partial charge in [0.25, 0.3) is 0 Å². The molecule has 0 aromatic heterocycles. The Morgan fingerprint density at radius 1 is 1.46 bits per heavy atom. The maximum atomic E-state index is 5.65. The molecule has 3 heteroatoms. The van der Waals surface area contributed by atoms with E-state index in [0.29, 0.717) is 6.54 Å². The number of benzene rings is 1. The fourth-order valence-electron chi connectivity index (χ4n) is 1.40. The number of aryl methyl sites for hydroxylation is 1. The van der Waals surface area contributed by atoms with E-state index >= 15 is 0 Å². The van der Waals surface area contributed by atoms with Crippen LogP contribution in [0.1, 0.15) is 16.7 Å². The average molecular weight is 244 g/mol. The van der Waals surface area contributed by atoms with Gasteiger partial charge in [0.1, 0.15) is 5.75 Å². The van der Waals surface area contributed by atoms with Crippen molar-refractivity contribution in [2.75, 3.05) is 7.11 Å². The first-order chi connectivity index (χ1) is 6.11. The molecule has 1 aromatic rings. The van der Waals surface area contributed by atoms with Gasteiger partial charge in [-0.15, -0.1) is 0 Å². The minimum atomic E-state index is 0.508. The van der Waals surface area contributed by atoms with Crippen LogP contribution < -0.4 is 10.5 Å². The highest BCUT2D eigenvalue weighted by molar-refractivity contribution is 9.10. The highest BCUT2D eigenvalue weighted by atomic mass is 79.9. The Kier molecular flexibility index (Phi) is 3.33. The van der Waals surface area contributed by atoms with Crippen LogP contribution in [-0.2, 0) is 6.54 Å². The van der Waals surface area contributed by atoms with Crippen LogP contribution >= 0.6 is 15.9 Å². The number of methoxy groups -OCH3 is 1. The van der Waals surface area contributed by atoms with Gasteiger partial charge in [-0.1, -0.05) is 15.9 Å². The number of halogens is 1. The number of hydrogen-bond acceptors (Lipinski definition) is 2. The van der Waals surface area contributed by atoms with E-state index in [-0.39, 0.29) is 0 Å². The van der Waals surface area contributed by atoms with Crippen LogP contribution in [0.4, 0.5) is 0 Å². The molecule has 0 radical (unpaired) electrons. The van der Waals surface area contributed by atoms with Crippen molar-refractivity contribution in [3.63, 3.8) is 0 Å². The molecule has 0 saturated carbocycles. The number of hydrogen-bond donors (Lipinski definition) is 1. The minimum absolute atomic E-state index is 0.508. The second kappa shape index (κ2) is 4.11. The first kappa shape index (κ1) is 10.5. The summed E-state index contributed by atoms with van der Waals surface area (Å²) in [6, 6.07) is 2.00. The monoisotopic (exact) mass is 243 g/mol. The van der Waals surface area contributed by atoms with Crippen molar-refractivity contribution < 1.29 is 4.74 Å². The highest BCUT2D eigenvalue weighted by Crippen LogP contribution is 2.31. The summed E-state index contributed by atoms with van der Waals surface area (Å²) in [5, 5.41) is 0. The third kappa shape index (κ3) is 1.86. The first-order valence-electron chi connectivity index (χ1n) is 4.14. The van der Waals surface area contributed by atoms with Crippen LogP contribution in [0, 0.1) is 13.8 Å². The lowest BCUT2D eigenvalue weighted by Crippen LogP contribution is -2.03. The van der Waals surface area contributed by atoms with E-state index in [1.54, 1.807) is 7.11 Å². The van der Waals surface area contributed by atoms with Crippen LogP contribution in [0.5, 0.6) is 5.75 Å². The summed E-state index contributed by atoms with van der Waals surface area (Å²) < 4.78 is 6.37. The average Bonchev–Trinajstić information content (AvgIpc) is 2.13. The van der Waals surface area contributed by atoms with Crippen LogP contribution in [0.25, 0.3) is 0 Å². The molecule has 0 aliphatic carbocycles. The zero-order valence-electron chi connectivity index (χ0n) is 8.15. The Morgan fingerprint density at radius 2 is 2.08 bits per heavy atom. The predicted octanol–water partition coefficient (Wildman–Crippen LogP) is 2.53. The van der Waals surface area contributed by atoms with Crippen molar-refractivity contribution in [1.29, 1.82) is 0 Å². The quantitative estimate of drug-likeness (QED) is 0.867. The molecule has 0 fully saturated rings. The maximum Gasteiger partial charge on any atom is 0.123 e. The second-order valence-electron chi connectivity index (χ2n) is 3.02. The van der Waals surface area contributed by atoms with E-state index in [4.69, 9.17) is 10.5 Å². The molecule has 0 spiro atoms. The van der Waals surface area contributed by atoms with Gasteiger partial charge in [0.2, 0.25) is 0 Å². The van der Waals surface area contributed by atoms with Crippen molar-refractivity contribution in [2.24, 2.45) is 5.73 Å². The van der Waals surface area contributed by atoms with Gasteiger partial charge in [-0.3, -0.25) is 0 Å². The van der Waals surface area contributed by atoms with Gasteiger partial charge in [0, 0.05) is 16.6 Å². The molecule has 0 saturated heterocycles. The Hall–Kier alpha value is -0.540. The van der Waals surface area contributed by atoms with E-state index in [0.717, 1.165) is 15.8 Å². The van der Waals surface area contributed by atoms with Gasteiger partial charge in [0.05, 0.1) is 7.11 Å². The molecule has 0 aliphatic heterocycles. The molecule has 2 nitrogen and oxygen atoms in total. The molecule has 0 bridgehead atoms. The molecule has 72 valence electrons. The molecule has 0 amide bonds. The first-order valence-corrected chi connectivity index (χ1v) is 4.93. The van der Waals surface area contributed by atoms with Gasteiger partial charge in [-0.05, 0) is 31.0 Å². The summed E-state index contributed by atoms with van der Waals surface area (Å²) in [5.74, 6) is 0.876. The van der Waals surface area contributed by atoms with E-state index in [2.05, 4.69) is 15.9 Å². The Balaban J connectivity index is 3.39. The van der Waals surface area contributed by atoms with E-state index in [1.165, 1.54) is 11.1 Å². The van der Waals surface area contributed by atoms with Crippen LogP contribution in [0.15, 0.2) is 10.5 Å². The molecule has 0 heterocycles. The summed E-state index contributed by atoms with van der Waals surface area (Å²) in [7, 11) is 1.67. The molecule has 13 heavy (non-hydrogen) atoms. The largest absolute Gasteiger partial charge is 0.496 e. The summed E-state index contributed by atoms with van der Waals surface area (Å²) in [4.78, 5) is 0. The van der Waals surface area contributed by atoms with Crippen molar-refractivity contribution in [2.45, 2.75) is 20.4 Å². The molecular weight excluding hydrogens is 230 g/mol. The Bertz CT molecular complexity index is 323. The van der Waals surface area contributed by atoms with Crippen LogP contribution in [0.2, 0.25) is 0 Å². The van der Waals surface area contributed by atoms with Gasteiger partial charge < -0.3 is 10.5 Å². The predicted molar refractivity (Wildman–Crippen MR) is 58.1 cm³/mol. The van der Waals surface area contributed by atoms with Crippen molar-refractivity contribution in [3.05, 3.63) is 27.2 Å². The van der Waals surface area contributed by atoms with Gasteiger partial charge in [0.15, 0.2) is 0 Å². The summed E-state index contributed by atoms with van der Waals surface area (Å²) in [6.45, 7) is 4.59. The number of nitrogens with two attached hydrogens (primary N) is 1. The molecule has 1 rings (SSSR count). The van der Waals surface area contributed by atoms with Gasteiger partial charge in [-0.2, -0.15) is 0 Å². The maximum absolute atomic E-state index is 5.65. The second-order valence-corrected chi connectivity index (χ2v) is 3.81. The third-order valence-electron chi connectivity index (χ3n) is 2.20. The lowest BCUT2D eigenvalue weighted by Gasteiger charge is -2.13. The molecule has 0 unspecified atom stereocenters. The summed E-state index contributed by atoms with van der Waals surface area (Å²) in [5.41, 5.74) is 9.05. The highest BCUT2D eigenvalue weighted by Gasteiger charge is 2.10. The lowest BCUT2D eigenvalue weighted by atomic mass is 10.0. The van der Waals surface area contributed by atoms with Gasteiger partial charge in [-0.25, -0.2) is 0 Å². The topological polar surface area (TPSA) is 35.2 Å². The Morgan fingerprint density at radius 3 is 2.54 bits per heavy atom. The fraction of sp³-hybridized carbons (Fsp3) is 0.400. The number of rotatable bonds is 2. The smallest absolute Gasteiger partial charge is 0.123 e. The SMILES string of the molecule is COc1cc(C)c(Br)c(C)c1CN.